The Kier molecular flexibility index (Phi) is 5.84. The first-order valence-corrected chi connectivity index (χ1v) is 4.37. The van der Waals surface area contributed by atoms with E-state index >= 15 is 0 Å². The first kappa shape index (κ1) is 15.6. The average molecular weight is 268 g/mol. The van der Waals surface area contributed by atoms with Gasteiger partial charge in [0.1, 0.15) is 23.4 Å². The summed E-state index contributed by atoms with van der Waals surface area (Å²) in [5.41, 5.74) is 4.81. The van der Waals surface area contributed by atoms with E-state index in [1.165, 1.54) is 7.11 Å². The molecule has 1 rings (SSSR count). The topological polar surface area (TPSA) is 61.5 Å². The van der Waals surface area contributed by atoms with E-state index in [2.05, 4.69) is 9.47 Å². The smallest absolute Gasteiger partial charge is 0.327 e. The highest BCUT2D eigenvalue weighted by Gasteiger charge is 2.24. The third kappa shape index (κ3) is 3.28. The molecule has 0 saturated carbocycles. The second kappa shape index (κ2) is 6.36. The van der Waals surface area contributed by atoms with Gasteiger partial charge in [0.05, 0.1) is 19.8 Å². The fourth-order valence-corrected chi connectivity index (χ4v) is 1.22. The molecule has 0 bridgehead atoms. The third-order valence-corrected chi connectivity index (χ3v) is 2.05. The number of halogens is 3. The van der Waals surface area contributed by atoms with Crippen LogP contribution in [0, 0.1) is 11.6 Å². The molecule has 0 spiro atoms. The first-order chi connectivity index (χ1) is 7.51. The Balaban J connectivity index is 0.00000256. The Labute approximate surface area is 103 Å². The zero-order chi connectivity index (χ0) is 12.3. The molecule has 0 amide bonds. The molecule has 0 aliphatic rings. The number of benzene rings is 1. The summed E-state index contributed by atoms with van der Waals surface area (Å²) in [6.45, 7) is 0. The van der Waals surface area contributed by atoms with Gasteiger partial charge in [-0.2, -0.15) is 0 Å². The van der Waals surface area contributed by atoms with E-state index in [0.717, 1.165) is 19.2 Å². The standard InChI is InChI=1S/C10H11F2NO3.ClH/c1-15-5-3-6(11)8(7(12)4-5)9(13)10(14)16-2;/h3-4,9H,13H2,1-2H3;1H. The number of hydrogen-bond acceptors (Lipinski definition) is 4. The summed E-state index contributed by atoms with van der Waals surface area (Å²) >= 11 is 0. The van der Waals surface area contributed by atoms with Gasteiger partial charge in [-0.3, -0.25) is 4.79 Å². The summed E-state index contributed by atoms with van der Waals surface area (Å²) in [6, 6.07) is 0.401. The maximum Gasteiger partial charge on any atom is 0.327 e. The van der Waals surface area contributed by atoms with Crippen LogP contribution in [0.3, 0.4) is 0 Å². The molecule has 1 aromatic carbocycles. The van der Waals surface area contributed by atoms with Crippen LogP contribution in [0.1, 0.15) is 11.6 Å². The van der Waals surface area contributed by atoms with Gasteiger partial charge in [-0.15, -0.1) is 12.4 Å². The van der Waals surface area contributed by atoms with E-state index in [1.54, 1.807) is 0 Å². The Bertz CT molecular complexity index is 392. The lowest BCUT2D eigenvalue weighted by Gasteiger charge is -2.12. The molecule has 0 aromatic heterocycles. The van der Waals surface area contributed by atoms with Crippen LogP contribution in [0.2, 0.25) is 0 Å². The summed E-state index contributed by atoms with van der Waals surface area (Å²) in [6.07, 6.45) is 0. The molecule has 1 unspecified atom stereocenters. The second-order valence-corrected chi connectivity index (χ2v) is 3.01. The van der Waals surface area contributed by atoms with Gasteiger partial charge in [-0.05, 0) is 0 Å². The van der Waals surface area contributed by atoms with Crippen LogP contribution in [-0.2, 0) is 9.53 Å². The molecule has 0 saturated heterocycles. The van der Waals surface area contributed by atoms with Crippen molar-refractivity contribution in [1.29, 1.82) is 0 Å². The summed E-state index contributed by atoms with van der Waals surface area (Å²) < 4.78 is 35.8. The monoisotopic (exact) mass is 267 g/mol. The molecule has 0 fully saturated rings. The summed E-state index contributed by atoms with van der Waals surface area (Å²) in [4.78, 5) is 11.1. The normalized spacial score (nSPS) is 11.4. The quantitative estimate of drug-likeness (QED) is 0.845. The van der Waals surface area contributed by atoms with Crippen molar-refractivity contribution in [2.24, 2.45) is 5.73 Å². The first-order valence-electron chi connectivity index (χ1n) is 4.37. The molecule has 0 heterocycles. The van der Waals surface area contributed by atoms with E-state index in [0.29, 0.717) is 0 Å². The number of nitrogens with two attached hydrogens (primary N) is 1. The SMILES string of the molecule is COC(=O)C(N)c1c(F)cc(OC)cc1F.Cl. The number of carbonyl (C=O) groups excluding carboxylic acids is 1. The van der Waals surface area contributed by atoms with Crippen LogP contribution < -0.4 is 10.5 Å². The average Bonchev–Trinajstić information content (AvgIpc) is 2.26. The molecule has 0 aliphatic carbocycles. The Morgan fingerprint density at radius 3 is 2.12 bits per heavy atom. The van der Waals surface area contributed by atoms with Crippen LogP contribution in [-0.4, -0.2) is 20.2 Å². The summed E-state index contributed by atoms with van der Waals surface area (Å²) in [5, 5.41) is 0. The van der Waals surface area contributed by atoms with Gasteiger partial charge in [0.2, 0.25) is 0 Å². The van der Waals surface area contributed by atoms with Gasteiger partial charge >= 0.3 is 5.97 Å². The van der Waals surface area contributed by atoms with Crippen molar-refractivity contribution in [2.75, 3.05) is 14.2 Å². The highest BCUT2D eigenvalue weighted by molar-refractivity contribution is 5.85. The van der Waals surface area contributed by atoms with Gasteiger partial charge in [-0.25, -0.2) is 8.78 Å². The van der Waals surface area contributed by atoms with Crippen molar-refractivity contribution in [3.8, 4) is 5.75 Å². The van der Waals surface area contributed by atoms with E-state index in [9.17, 15) is 13.6 Å². The van der Waals surface area contributed by atoms with E-state index < -0.39 is 29.2 Å². The number of carbonyl (C=O) groups is 1. The largest absolute Gasteiger partial charge is 0.497 e. The van der Waals surface area contributed by atoms with E-state index in [1.807, 2.05) is 0 Å². The summed E-state index contributed by atoms with van der Waals surface area (Å²) in [7, 11) is 2.36. The third-order valence-electron chi connectivity index (χ3n) is 2.05. The Morgan fingerprint density at radius 2 is 1.76 bits per heavy atom. The van der Waals surface area contributed by atoms with Gasteiger partial charge in [0.15, 0.2) is 0 Å². The lowest BCUT2D eigenvalue weighted by Crippen LogP contribution is -2.25. The van der Waals surface area contributed by atoms with Gasteiger partial charge in [-0.1, -0.05) is 0 Å². The summed E-state index contributed by atoms with van der Waals surface area (Å²) in [5.74, 6) is -2.80. The number of rotatable bonds is 3. The van der Waals surface area contributed by atoms with E-state index in [4.69, 9.17) is 5.73 Å². The molecule has 1 aromatic rings. The highest BCUT2D eigenvalue weighted by Crippen LogP contribution is 2.25. The van der Waals surface area contributed by atoms with Crippen molar-refractivity contribution in [1.82, 2.24) is 0 Å². The van der Waals surface area contributed by atoms with Crippen LogP contribution >= 0.6 is 12.4 Å². The predicted molar refractivity (Wildman–Crippen MR) is 59.1 cm³/mol. The van der Waals surface area contributed by atoms with Crippen molar-refractivity contribution in [3.05, 3.63) is 29.3 Å². The van der Waals surface area contributed by atoms with Crippen LogP contribution in [0.15, 0.2) is 12.1 Å². The van der Waals surface area contributed by atoms with Gasteiger partial charge < -0.3 is 15.2 Å². The molecular weight excluding hydrogens is 256 g/mol. The lowest BCUT2D eigenvalue weighted by molar-refractivity contribution is -0.142. The van der Waals surface area contributed by atoms with Crippen LogP contribution in [0.5, 0.6) is 5.75 Å². The fraction of sp³-hybridized carbons (Fsp3) is 0.300. The number of esters is 1. The lowest BCUT2D eigenvalue weighted by atomic mass is 10.1. The molecule has 0 aliphatic heterocycles. The molecule has 4 nitrogen and oxygen atoms in total. The zero-order valence-corrected chi connectivity index (χ0v) is 10.0. The molecule has 2 N–H and O–H groups in total. The second-order valence-electron chi connectivity index (χ2n) is 3.01. The van der Waals surface area contributed by atoms with Crippen molar-refractivity contribution in [3.63, 3.8) is 0 Å². The molecule has 17 heavy (non-hydrogen) atoms. The number of ether oxygens (including phenoxy) is 2. The maximum atomic E-state index is 13.4. The van der Waals surface area contributed by atoms with Crippen molar-refractivity contribution < 1.29 is 23.0 Å². The molecule has 96 valence electrons. The fourth-order valence-electron chi connectivity index (χ4n) is 1.22. The van der Waals surface area contributed by atoms with E-state index in [-0.39, 0.29) is 18.2 Å². The molecule has 7 heteroatoms. The van der Waals surface area contributed by atoms with Crippen LogP contribution in [0.4, 0.5) is 8.78 Å². The maximum absolute atomic E-state index is 13.4. The van der Waals surface area contributed by atoms with Gasteiger partial charge in [0.25, 0.3) is 0 Å². The zero-order valence-electron chi connectivity index (χ0n) is 9.20. The minimum Gasteiger partial charge on any atom is -0.497 e. The van der Waals surface area contributed by atoms with Crippen LogP contribution in [0.25, 0.3) is 0 Å². The Hall–Kier alpha value is -1.40. The molecular formula is C10H12ClF2NO3. The Morgan fingerprint density at radius 1 is 1.29 bits per heavy atom. The minimum atomic E-state index is -1.49. The minimum absolute atomic E-state index is 0. The molecule has 1 atom stereocenters. The molecule has 0 radical (unpaired) electrons. The number of hydrogen-bond donors (Lipinski definition) is 1. The van der Waals surface area contributed by atoms with Gasteiger partial charge in [0, 0.05) is 12.1 Å². The van der Waals surface area contributed by atoms with Crippen molar-refractivity contribution >= 4 is 18.4 Å². The number of methoxy groups -OCH3 is 2. The highest BCUT2D eigenvalue weighted by atomic mass is 35.5. The van der Waals surface area contributed by atoms with Crippen molar-refractivity contribution in [2.45, 2.75) is 6.04 Å². The predicted octanol–water partition coefficient (Wildman–Crippen LogP) is 1.57.